The third-order valence-corrected chi connectivity index (χ3v) is 2.33. The molecule has 1 aromatic carbocycles. The van der Waals surface area contributed by atoms with Gasteiger partial charge in [-0.25, -0.2) is 4.79 Å². The lowest BCUT2D eigenvalue weighted by molar-refractivity contribution is -0.144. The highest BCUT2D eigenvalue weighted by atomic mass is 16.5. The number of esters is 1. The van der Waals surface area contributed by atoms with Crippen LogP contribution in [-0.2, 0) is 16.1 Å². The van der Waals surface area contributed by atoms with E-state index in [1.807, 2.05) is 0 Å². The molecule has 0 fully saturated rings. The van der Waals surface area contributed by atoms with Crippen LogP contribution in [0.4, 0.5) is 10.5 Å². The fraction of sp³-hybridized carbons (Fsp3) is 0.385. The van der Waals surface area contributed by atoms with E-state index in [4.69, 9.17) is 10.5 Å². The molecule has 0 aliphatic rings. The number of hydrogen-bond acceptors (Lipinski definition) is 4. The number of carbonyl (C=O) groups is 2. The Morgan fingerprint density at radius 2 is 1.95 bits per heavy atom. The van der Waals surface area contributed by atoms with E-state index < -0.39 is 0 Å². The average molecular weight is 265 g/mol. The van der Waals surface area contributed by atoms with E-state index >= 15 is 0 Å². The number of rotatable bonds is 6. The number of urea groups is 1. The van der Waals surface area contributed by atoms with E-state index in [-0.39, 0.29) is 18.6 Å². The predicted octanol–water partition coefficient (Wildman–Crippen LogP) is 1.22. The van der Waals surface area contributed by atoms with Gasteiger partial charge in [0.15, 0.2) is 0 Å². The maximum absolute atomic E-state index is 11.4. The van der Waals surface area contributed by atoms with Crippen molar-refractivity contribution in [2.75, 3.05) is 18.4 Å². The van der Waals surface area contributed by atoms with Crippen LogP contribution in [0.5, 0.6) is 0 Å². The van der Waals surface area contributed by atoms with Crippen molar-refractivity contribution in [1.29, 1.82) is 0 Å². The van der Waals surface area contributed by atoms with Gasteiger partial charge in [0.1, 0.15) is 6.61 Å². The molecule has 0 aliphatic heterocycles. The molecular weight excluding hydrogens is 246 g/mol. The first kappa shape index (κ1) is 15.0. The first-order chi connectivity index (χ1) is 9.15. The summed E-state index contributed by atoms with van der Waals surface area (Å²) in [7, 11) is 0. The number of nitrogens with two attached hydrogens (primary N) is 1. The number of benzene rings is 1. The SMILES string of the molecule is CCC(=O)OCc1ccc(NC(=O)NCCN)cc1. The molecule has 0 radical (unpaired) electrons. The van der Waals surface area contributed by atoms with E-state index in [1.165, 1.54) is 0 Å². The molecule has 0 bridgehead atoms. The van der Waals surface area contributed by atoms with Gasteiger partial charge < -0.3 is 21.1 Å². The molecule has 0 saturated heterocycles. The largest absolute Gasteiger partial charge is 0.461 e. The van der Waals surface area contributed by atoms with Crippen molar-refractivity contribution >= 4 is 17.7 Å². The normalized spacial score (nSPS) is 9.79. The number of ether oxygens (including phenoxy) is 1. The minimum atomic E-state index is -0.296. The van der Waals surface area contributed by atoms with Crippen LogP contribution in [0.15, 0.2) is 24.3 Å². The smallest absolute Gasteiger partial charge is 0.319 e. The highest BCUT2D eigenvalue weighted by molar-refractivity contribution is 5.89. The minimum Gasteiger partial charge on any atom is -0.461 e. The second kappa shape index (κ2) is 8.10. The Labute approximate surface area is 112 Å². The number of hydrogen-bond donors (Lipinski definition) is 3. The minimum absolute atomic E-state index is 0.233. The first-order valence-electron chi connectivity index (χ1n) is 6.15. The Hall–Kier alpha value is -2.08. The topological polar surface area (TPSA) is 93.4 Å². The van der Waals surface area contributed by atoms with Crippen molar-refractivity contribution in [3.05, 3.63) is 29.8 Å². The van der Waals surface area contributed by atoms with Crippen molar-refractivity contribution in [2.24, 2.45) is 5.73 Å². The van der Waals surface area contributed by atoms with Crippen molar-refractivity contribution < 1.29 is 14.3 Å². The number of amides is 2. The Kier molecular flexibility index (Phi) is 6.38. The van der Waals surface area contributed by atoms with Crippen LogP contribution < -0.4 is 16.4 Å². The summed E-state index contributed by atoms with van der Waals surface area (Å²) in [4.78, 5) is 22.4. The molecule has 0 spiro atoms. The summed E-state index contributed by atoms with van der Waals surface area (Å²) in [5.74, 6) is -0.233. The second-order valence-corrected chi connectivity index (χ2v) is 3.88. The summed E-state index contributed by atoms with van der Waals surface area (Å²) in [6.45, 7) is 2.81. The fourth-order valence-corrected chi connectivity index (χ4v) is 1.31. The highest BCUT2D eigenvalue weighted by Gasteiger charge is 2.02. The van der Waals surface area contributed by atoms with Crippen molar-refractivity contribution in [3.63, 3.8) is 0 Å². The van der Waals surface area contributed by atoms with Crippen LogP contribution in [0, 0.1) is 0 Å². The molecule has 0 heterocycles. The molecule has 1 aromatic rings. The van der Waals surface area contributed by atoms with Gasteiger partial charge in [0.2, 0.25) is 0 Å². The zero-order chi connectivity index (χ0) is 14.1. The Morgan fingerprint density at radius 3 is 2.53 bits per heavy atom. The third-order valence-electron chi connectivity index (χ3n) is 2.33. The maximum Gasteiger partial charge on any atom is 0.319 e. The summed E-state index contributed by atoms with van der Waals surface area (Å²) >= 11 is 0. The lowest BCUT2D eigenvalue weighted by Gasteiger charge is -2.08. The Balaban J connectivity index is 2.43. The molecule has 6 heteroatoms. The van der Waals surface area contributed by atoms with E-state index in [9.17, 15) is 9.59 Å². The van der Waals surface area contributed by atoms with Crippen LogP contribution in [0.25, 0.3) is 0 Å². The van der Waals surface area contributed by atoms with E-state index in [0.29, 0.717) is 25.2 Å². The maximum atomic E-state index is 11.4. The van der Waals surface area contributed by atoms with Gasteiger partial charge in [-0.3, -0.25) is 4.79 Å². The molecule has 1 rings (SSSR count). The quantitative estimate of drug-likeness (QED) is 0.674. The van der Waals surface area contributed by atoms with Crippen LogP contribution in [0.2, 0.25) is 0 Å². The molecular formula is C13H19N3O3. The molecule has 0 saturated carbocycles. The summed E-state index contributed by atoms with van der Waals surface area (Å²) in [6, 6.07) is 6.78. The predicted molar refractivity (Wildman–Crippen MR) is 72.6 cm³/mol. The van der Waals surface area contributed by atoms with Gasteiger partial charge in [-0.2, -0.15) is 0 Å². The third kappa shape index (κ3) is 5.87. The summed E-state index contributed by atoms with van der Waals surface area (Å²) in [5.41, 5.74) is 6.81. The molecule has 6 nitrogen and oxygen atoms in total. The van der Waals surface area contributed by atoms with Gasteiger partial charge >= 0.3 is 12.0 Å². The molecule has 0 aliphatic carbocycles. The van der Waals surface area contributed by atoms with E-state index in [0.717, 1.165) is 5.56 Å². The van der Waals surface area contributed by atoms with E-state index in [2.05, 4.69) is 10.6 Å². The molecule has 0 aromatic heterocycles. The lowest BCUT2D eigenvalue weighted by Crippen LogP contribution is -2.32. The van der Waals surface area contributed by atoms with Crippen LogP contribution in [-0.4, -0.2) is 25.1 Å². The lowest BCUT2D eigenvalue weighted by atomic mass is 10.2. The Bertz CT molecular complexity index is 418. The van der Waals surface area contributed by atoms with Gasteiger partial charge in [-0.1, -0.05) is 19.1 Å². The van der Waals surface area contributed by atoms with E-state index in [1.54, 1.807) is 31.2 Å². The van der Waals surface area contributed by atoms with Gasteiger partial charge in [0.25, 0.3) is 0 Å². The standard InChI is InChI=1S/C13H19N3O3/c1-2-12(17)19-9-10-3-5-11(6-4-10)16-13(18)15-8-7-14/h3-6H,2,7-9,14H2,1H3,(H2,15,16,18). The zero-order valence-electron chi connectivity index (χ0n) is 10.9. The molecule has 0 unspecified atom stereocenters. The molecule has 104 valence electrons. The number of carbonyl (C=O) groups excluding carboxylic acids is 2. The van der Waals surface area contributed by atoms with Gasteiger partial charge in [-0.05, 0) is 17.7 Å². The van der Waals surface area contributed by atoms with Crippen LogP contribution in [0.1, 0.15) is 18.9 Å². The monoisotopic (exact) mass is 265 g/mol. The number of anilines is 1. The zero-order valence-corrected chi connectivity index (χ0v) is 10.9. The second-order valence-electron chi connectivity index (χ2n) is 3.88. The average Bonchev–Trinajstić information content (AvgIpc) is 2.44. The molecule has 2 amide bonds. The molecule has 19 heavy (non-hydrogen) atoms. The van der Waals surface area contributed by atoms with Crippen molar-refractivity contribution in [3.8, 4) is 0 Å². The summed E-state index contributed by atoms with van der Waals surface area (Å²) in [6.07, 6.45) is 0.362. The highest BCUT2D eigenvalue weighted by Crippen LogP contribution is 2.10. The van der Waals surface area contributed by atoms with Gasteiger partial charge in [-0.15, -0.1) is 0 Å². The Morgan fingerprint density at radius 1 is 1.26 bits per heavy atom. The first-order valence-corrected chi connectivity index (χ1v) is 6.15. The summed E-state index contributed by atoms with van der Waals surface area (Å²) in [5, 5.41) is 5.27. The molecule has 0 atom stereocenters. The molecule has 4 N–H and O–H groups in total. The summed E-state index contributed by atoms with van der Waals surface area (Å²) < 4.78 is 5.00. The number of nitrogens with one attached hydrogen (secondary N) is 2. The van der Waals surface area contributed by atoms with Crippen molar-refractivity contribution in [1.82, 2.24) is 5.32 Å². The van der Waals surface area contributed by atoms with Crippen molar-refractivity contribution in [2.45, 2.75) is 20.0 Å². The van der Waals surface area contributed by atoms with Gasteiger partial charge in [0, 0.05) is 25.2 Å². The van der Waals surface area contributed by atoms with Crippen LogP contribution in [0.3, 0.4) is 0 Å². The van der Waals surface area contributed by atoms with Crippen LogP contribution >= 0.6 is 0 Å². The fourth-order valence-electron chi connectivity index (χ4n) is 1.31. The van der Waals surface area contributed by atoms with Gasteiger partial charge in [0.05, 0.1) is 0 Å².